The first-order valence-electron chi connectivity index (χ1n) is 5.82. The summed E-state index contributed by atoms with van der Waals surface area (Å²) in [5.41, 5.74) is 0.0650. The highest BCUT2D eigenvalue weighted by atomic mass is 19.1. The molecule has 1 heterocycles. The van der Waals surface area contributed by atoms with E-state index in [0.717, 1.165) is 0 Å². The Kier molecular flexibility index (Phi) is 3.93. The van der Waals surface area contributed by atoms with E-state index in [9.17, 15) is 18.7 Å². The molecule has 0 bridgehead atoms. The summed E-state index contributed by atoms with van der Waals surface area (Å²) in [5, 5.41) is 9.51. The topological polar surface area (TPSA) is 53.4 Å². The number of pyridine rings is 1. The number of carbonyl (C=O) groups is 1. The van der Waals surface area contributed by atoms with Crippen LogP contribution in [-0.2, 0) is 6.54 Å². The Hall–Kier alpha value is -2.50. The van der Waals surface area contributed by atoms with Crippen LogP contribution < -0.4 is 0 Å². The molecule has 0 spiro atoms. The first-order valence-corrected chi connectivity index (χ1v) is 5.82. The number of rotatable bonds is 3. The second kappa shape index (κ2) is 5.64. The Morgan fingerprint density at radius 1 is 1.35 bits per heavy atom. The Balaban J connectivity index is 2.23. The van der Waals surface area contributed by atoms with Crippen molar-refractivity contribution >= 4 is 5.91 Å². The number of phenolic OH excluding ortho intramolecular Hbond substituents is 1. The summed E-state index contributed by atoms with van der Waals surface area (Å²) in [7, 11) is 1.44. The lowest BCUT2D eigenvalue weighted by Gasteiger charge is -2.17. The predicted molar refractivity (Wildman–Crippen MR) is 68.1 cm³/mol. The highest BCUT2D eigenvalue weighted by Gasteiger charge is 2.22. The molecule has 0 radical (unpaired) electrons. The minimum atomic E-state index is -1.10. The number of nitrogens with zero attached hydrogens (tertiary/aromatic N) is 2. The summed E-state index contributed by atoms with van der Waals surface area (Å²) in [4.78, 5) is 17.3. The molecule has 0 saturated heterocycles. The maximum Gasteiger partial charge on any atom is 0.260 e. The fraction of sp³-hybridized carbons (Fsp3) is 0.143. The van der Waals surface area contributed by atoms with E-state index >= 15 is 0 Å². The first kappa shape index (κ1) is 13.9. The highest BCUT2D eigenvalue weighted by Crippen LogP contribution is 2.23. The van der Waals surface area contributed by atoms with Crippen molar-refractivity contribution in [3.05, 3.63) is 59.4 Å². The lowest BCUT2D eigenvalue weighted by molar-refractivity contribution is 0.0775. The number of carbonyl (C=O) groups excluding carboxylic acids is 1. The normalized spacial score (nSPS) is 10.3. The van der Waals surface area contributed by atoms with E-state index in [1.54, 1.807) is 24.4 Å². The lowest BCUT2D eigenvalue weighted by Crippen LogP contribution is -2.27. The quantitative estimate of drug-likeness (QED) is 0.937. The Morgan fingerprint density at radius 3 is 2.70 bits per heavy atom. The van der Waals surface area contributed by atoms with Crippen LogP contribution in [0.4, 0.5) is 8.78 Å². The summed E-state index contributed by atoms with van der Waals surface area (Å²) < 4.78 is 26.5. The number of hydrogen-bond acceptors (Lipinski definition) is 3. The first-order chi connectivity index (χ1) is 9.49. The van der Waals surface area contributed by atoms with Crippen LogP contribution in [0.25, 0.3) is 0 Å². The van der Waals surface area contributed by atoms with Crippen LogP contribution in [0, 0.1) is 11.6 Å². The van der Waals surface area contributed by atoms with Gasteiger partial charge in [-0.1, -0.05) is 6.07 Å². The molecule has 1 aromatic carbocycles. The van der Waals surface area contributed by atoms with Crippen LogP contribution >= 0.6 is 0 Å². The number of hydrogen-bond donors (Lipinski definition) is 1. The summed E-state index contributed by atoms with van der Waals surface area (Å²) >= 11 is 0. The van der Waals surface area contributed by atoms with Crippen LogP contribution in [0.2, 0.25) is 0 Å². The zero-order valence-corrected chi connectivity index (χ0v) is 10.7. The van der Waals surface area contributed by atoms with Gasteiger partial charge in [0.15, 0.2) is 0 Å². The largest absolute Gasteiger partial charge is 0.507 e. The molecule has 0 atom stereocenters. The number of amides is 1. The van der Waals surface area contributed by atoms with Crippen molar-refractivity contribution < 1.29 is 18.7 Å². The van der Waals surface area contributed by atoms with Gasteiger partial charge in [-0.3, -0.25) is 9.78 Å². The summed E-state index contributed by atoms with van der Waals surface area (Å²) in [6.07, 6.45) is 1.57. The lowest BCUT2D eigenvalue weighted by atomic mass is 10.1. The van der Waals surface area contributed by atoms with Crippen LogP contribution in [-0.4, -0.2) is 27.9 Å². The fourth-order valence-corrected chi connectivity index (χ4v) is 1.77. The number of phenols is 1. The van der Waals surface area contributed by atoms with Crippen LogP contribution in [0.3, 0.4) is 0 Å². The van der Waals surface area contributed by atoms with E-state index in [1.165, 1.54) is 11.9 Å². The van der Waals surface area contributed by atoms with Crippen molar-refractivity contribution in [2.45, 2.75) is 6.54 Å². The second-order valence-corrected chi connectivity index (χ2v) is 4.26. The van der Waals surface area contributed by atoms with Gasteiger partial charge in [0.1, 0.15) is 22.9 Å². The molecule has 0 aliphatic carbocycles. The molecule has 20 heavy (non-hydrogen) atoms. The third-order valence-electron chi connectivity index (χ3n) is 2.72. The van der Waals surface area contributed by atoms with Gasteiger partial charge in [0, 0.05) is 25.4 Å². The molecule has 1 N–H and O–H groups in total. The maximum atomic E-state index is 13.6. The second-order valence-electron chi connectivity index (χ2n) is 4.26. The van der Waals surface area contributed by atoms with Gasteiger partial charge in [-0.05, 0) is 12.1 Å². The molecular weight excluding hydrogens is 266 g/mol. The maximum absolute atomic E-state index is 13.6. The standard InChI is InChI=1S/C14H12F2N2O2/c1-18(8-10-4-2-3-5-17-10)14(20)13-11(16)6-9(15)7-12(13)19/h2-7,19H,8H2,1H3. The molecule has 1 aromatic heterocycles. The minimum Gasteiger partial charge on any atom is -0.507 e. The average Bonchev–Trinajstić information content (AvgIpc) is 2.38. The molecule has 0 aliphatic heterocycles. The minimum absolute atomic E-state index is 0.149. The molecule has 0 unspecified atom stereocenters. The molecule has 0 aliphatic rings. The van der Waals surface area contributed by atoms with Crippen molar-refractivity contribution in [2.75, 3.05) is 7.05 Å². The van der Waals surface area contributed by atoms with Crippen LogP contribution in [0.1, 0.15) is 16.1 Å². The van der Waals surface area contributed by atoms with Crippen molar-refractivity contribution in [1.29, 1.82) is 0 Å². The fourth-order valence-electron chi connectivity index (χ4n) is 1.77. The van der Waals surface area contributed by atoms with Gasteiger partial charge in [0.25, 0.3) is 5.91 Å². The molecule has 104 valence electrons. The van der Waals surface area contributed by atoms with Crippen LogP contribution in [0.15, 0.2) is 36.5 Å². The van der Waals surface area contributed by atoms with E-state index in [2.05, 4.69) is 4.98 Å². The van der Waals surface area contributed by atoms with E-state index in [4.69, 9.17) is 0 Å². The summed E-state index contributed by atoms with van der Waals surface area (Å²) in [6.45, 7) is 0.149. The molecule has 4 nitrogen and oxygen atoms in total. The smallest absolute Gasteiger partial charge is 0.260 e. The predicted octanol–water partition coefficient (Wildman–Crippen LogP) is 2.34. The highest BCUT2D eigenvalue weighted by molar-refractivity contribution is 5.96. The van der Waals surface area contributed by atoms with E-state index < -0.39 is 28.9 Å². The van der Waals surface area contributed by atoms with Crippen molar-refractivity contribution in [3.8, 4) is 5.75 Å². The third kappa shape index (κ3) is 2.90. The number of aromatic nitrogens is 1. The third-order valence-corrected chi connectivity index (χ3v) is 2.72. The Labute approximate surface area is 114 Å². The number of benzene rings is 1. The van der Waals surface area contributed by atoms with Gasteiger partial charge in [-0.2, -0.15) is 0 Å². The average molecular weight is 278 g/mol. The van der Waals surface area contributed by atoms with Crippen molar-refractivity contribution in [3.63, 3.8) is 0 Å². The van der Waals surface area contributed by atoms with Gasteiger partial charge in [-0.25, -0.2) is 8.78 Å². The van der Waals surface area contributed by atoms with Crippen molar-refractivity contribution in [2.24, 2.45) is 0 Å². The number of aromatic hydroxyl groups is 1. The molecule has 0 saturated carbocycles. The molecule has 2 aromatic rings. The zero-order valence-electron chi connectivity index (χ0n) is 10.7. The summed E-state index contributed by atoms with van der Waals surface area (Å²) in [6, 6.07) is 6.46. The van der Waals surface area contributed by atoms with Gasteiger partial charge in [0.2, 0.25) is 0 Å². The van der Waals surface area contributed by atoms with Gasteiger partial charge >= 0.3 is 0 Å². The van der Waals surface area contributed by atoms with Crippen LogP contribution in [0.5, 0.6) is 5.75 Å². The van der Waals surface area contributed by atoms with E-state index in [-0.39, 0.29) is 6.54 Å². The zero-order chi connectivity index (χ0) is 14.7. The number of halogens is 2. The van der Waals surface area contributed by atoms with Gasteiger partial charge in [0.05, 0.1) is 12.2 Å². The van der Waals surface area contributed by atoms with E-state index in [0.29, 0.717) is 17.8 Å². The molecule has 6 heteroatoms. The molecule has 1 amide bonds. The summed E-state index contributed by atoms with van der Waals surface area (Å²) in [5.74, 6) is -3.50. The monoisotopic (exact) mass is 278 g/mol. The molecule has 0 fully saturated rings. The molecular formula is C14H12F2N2O2. The SMILES string of the molecule is CN(Cc1ccccn1)C(=O)c1c(O)cc(F)cc1F. The Bertz CT molecular complexity index is 609. The molecule has 2 rings (SSSR count). The van der Waals surface area contributed by atoms with Crippen molar-refractivity contribution in [1.82, 2.24) is 9.88 Å². The van der Waals surface area contributed by atoms with Gasteiger partial charge < -0.3 is 10.0 Å². The van der Waals surface area contributed by atoms with Gasteiger partial charge in [-0.15, -0.1) is 0 Å². The van der Waals surface area contributed by atoms with E-state index in [1.807, 2.05) is 0 Å². The Morgan fingerprint density at radius 2 is 2.10 bits per heavy atom.